The average molecular weight is 440 g/mol. The van der Waals surface area contributed by atoms with Crippen LogP contribution in [0.4, 0.5) is 4.79 Å². The number of hydrogen-bond donors (Lipinski definition) is 4. The van der Waals surface area contributed by atoms with Gasteiger partial charge in [0.05, 0.1) is 0 Å². The van der Waals surface area contributed by atoms with E-state index in [2.05, 4.69) is 22.8 Å². The fourth-order valence-corrected chi connectivity index (χ4v) is 3.99. The zero-order valence-corrected chi connectivity index (χ0v) is 18.1. The number of rotatable bonds is 9. The van der Waals surface area contributed by atoms with E-state index in [4.69, 9.17) is 14.9 Å². The molecule has 0 bridgehead atoms. The van der Waals surface area contributed by atoms with E-state index in [-0.39, 0.29) is 32.0 Å². The molecule has 1 aliphatic rings. The van der Waals surface area contributed by atoms with Crippen LogP contribution in [0.2, 0.25) is 0 Å². The fraction of sp³-hybridized carbons (Fsp3) is 0.375. The van der Waals surface area contributed by atoms with Crippen molar-refractivity contribution in [2.75, 3.05) is 13.2 Å². The van der Waals surface area contributed by atoms with E-state index in [9.17, 15) is 14.4 Å². The van der Waals surface area contributed by atoms with Crippen LogP contribution < -0.4 is 10.6 Å². The second-order valence-electron chi connectivity index (χ2n) is 8.48. The molecule has 1 atom stereocenters. The number of aliphatic carboxylic acids is 1. The monoisotopic (exact) mass is 440 g/mol. The number of aliphatic hydroxyl groups excluding tert-OH is 1. The van der Waals surface area contributed by atoms with Crippen LogP contribution in [0, 0.1) is 0 Å². The predicted octanol–water partition coefficient (Wildman–Crippen LogP) is 2.65. The molecule has 0 saturated heterocycles. The topological polar surface area (TPSA) is 125 Å². The van der Waals surface area contributed by atoms with Crippen molar-refractivity contribution in [2.45, 2.75) is 44.2 Å². The first-order valence-electron chi connectivity index (χ1n) is 10.5. The molecule has 3 rings (SSSR count). The molecule has 0 saturated carbocycles. The van der Waals surface area contributed by atoms with Gasteiger partial charge in [-0.05, 0) is 36.1 Å². The first kappa shape index (κ1) is 23.3. The first-order valence-corrected chi connectivity index (χ1v) is 10.5. The SMILES string of the molecule is CC(C)(CC(=O)NC(CCO)C(=O)O)NC(=O)OCC1c2ccccc2-c2ccccc21. The Morgan fingerprint density at radius 3 is 2.12 bits per heavy atom. The second kappa shape index (κ2) is 9.82. The number of amides is 2. The molecule has 8 heteroatoms. The molecule has 2 aromatic carbocycles. The molecule has 2 aromatic rings. The summed E-state index contributed by atoms with van der Waals surface area (Å²) in [6.07, 6.45) is -0.900. The third-order valence-corrected chi connectivity index (χ3v) is 5.44. The van der Waals surface area contributed by atoms with Gasteiger partial charge in [-0.1, -0.05) is 48.5 Å². The summed E-state index contributed by atoms with van der Waals surface area (Å²) < 4.78 is 5.51. The van der Waals surface area contributed by atoms with E-state index in [1.165, 1.54) is 0 Å². The molecule has 1 aliphatic carbocycles. The van der Waals surface area contributed by atoms with Gasteiger partial charge >= 0.3 is 12.1 Å². The van der Waals surface area contributed by atoms with Crippen molar-refractivity contribution in [1.29, 1.82) is 0 Å². The molecule has 1 unspecified atom stereocenters. The van der Waals surface area contributed by atoms with Crippen LogP contribution in [0.3, 0.4) is 0 Å². The standard InChI is InChI=1S/C24H28N2O6/c1-24(2,13-21(28)25-20(11-12-27)22(29)30)26-23(31)32-14-19-17-9-5-3-7-15(17)16-8-4-6-10-18(16)19/h3-10,19-20,27H,11-14H2,1-2H3,(H,25,28)(H,26,31)(H,29,30). The van der Waals surface area contributed by atoms with Crippen molar-refractivity contribution in [3.8, 4) is 11.1 Å². The quantitative estimate of drug-likeness (QED) is 0.475. The molecule has 0 fully saturated rings. The number of nitrogens with one attached hydrogen (secondary N) is 2. The minimum absolute atomic E-state index is 0.0747. The van der Waals surface area contributed by atoms with Crippen LogP contribution >= 0.6 is 0 Å². The summed E-state index contributed by atoms with van der Waals surface area (Å²) in [4.78, 5) is 35.8. The van der Waals surface area contributed by atoms with Crippen LogP contribution in [0.15, 0.2) is 48.5 Å². The molecule has 170 valence electrons. The van der Waals surface area contributed by atoms with Gasteiger partial charge in [-0.2, -0.15) is 0 Å². The zero-order valence-electron chi connectivity index (χ0n) is 18.1. The molecule has 0 aromatic heterocycles. The number of ether oxygens (including phenoxy) is 1. The maximum Gasteiger partial charge on any atom is 0.407 e. The highest BCUT2D eigenvalue weighted by Crippen LogP contribution is 2.44. The summed E-state index contributed by atoms with van der Waals surface area (Å²) in [6.45, 7) is 3.09. The van der Waals surface area contributed by atoms with Crippen molar-refractivity contribution in [3.63, 3.8) is 0 Å². The molecule has 0 spiro atoms. The van der Waals surface area contributed by atoms with Gasteiger partial charge < -0.3 is 25.6 Å². The van der Waals surface area contributed by atoms with E-state index in [1.54, 1.807) is 13.8 Å². The van der Waals surface area contributed by atoms with Gasteiger partial charge in [0.25, 0.3) is 0 Å². The molecule has 2 amide bonds. The molecule has 4 N–H and O–H groups in total. The van der Waals surface area contributed by atoms with E-state index < -0.39 is 29.6 Å². The van der Waals surface area contributed by atoms with Crippen molar-refractivity contribution in [1.82, 2.24) is 10.6 Å². The van der Waals surface area contributed by atoms with Crippen LogP contribution in [-0.2, 0) is 14.3 Å². The van der Waals surface area contributed by atoms with Crippen LogP contribution in [0.5, 0.6) is 0 Å². The molecule has 0 radical (unpaired) electrons. The number of benzene rings is 2. The van der Waals surface area contributed by atoms with Crippen molar-refractivity contribution < 1.29 is 29.3 Å². The smallest absolute Gasteiger partial charge is 0.407 e. The van der Waals surface area contributed by atoms with Crippen molar-refractivity contribution in [3.05, 3.63) is 59.7 Å². The molecular formula is C24H28N2O6. The molecule has 8 nitrogen and oxygen atoms in total. The average Bonchev–Trinajstić information content (AvgIpc) is 3.05. The lowest BCUT2D eigenvalue weighted by atomic mass is 9.98. The van der Waals surface area contributed by atoms with E-state index in [0.717, 1.165) is 22.3 Å². The van der Waals surface area contributed by atoms with Crippen LogP contribution in [0.1, 0.15) is 43.7 Å². The summed E-state index contributed by atoms with van der Waals surface area (Å²) in [6, 6.07) is 14.9. The first-order chi connectivity index (χ1) is 15.2. The Labute approximate surface area is 186 Å². The Hall–Kier alpha value is -3.39. The van der Waals surface area contributed by atoms with Gasteiger partial charge in [0.15, 0.2) is 0 Å². The number of carbonyl (C=O) groups is 3. The highest BCUT2D eigenvalue weighted by atomic mass is 16.5. The second-order valence-corrected chi connectivity index (χ2v) is 8.48. The number of carbonyl (C=O) groups excluding carboxylic acids is 2. The largest absolute Gasteiger partial charge is 0.480 e. The lowest BCUT2D eigenvalue weighted by Gasteiger charge is -2.26. The summed E-state index contributed by atoms with van der Waals surface area (Å²) >= 11 is 0. The third kappa shape index (κ3) is 5.45. The lowest BCUT2D eigenvalue weighted by molar-refractivity contribution is -0.142. The van der Waals surface area contributed by atoms with Gasteiger partial charge in [-0.15, -0.1) is 0 Å². The predicted molar refractivity (Wildman–Crippen MR) is 118 cm³/mol. The Bertz CT molecular complexity index is 958. The van der Waals surface area contributed by atoms with Gasteiger partial charge in [0, 0.05) is 30.9 Å². The summed E-state index contributed by atoms with van der Waals surface area (Å²) in [5.74, 6) is -1.85. The molecule has 0 aliphatic heterocycles. The third-order valence-electron chi connectivity index (χ3n) is 5.44. The van der Waals surface area contributed by atoms with Gasteiger partial charge in [0.1, 0.15) is 12.6 Å². The van der Waals surface area contributed by atoms with Crippen molar-refractivity contribution >= 4 is 18.0 Å². The molecular weight excluding hydrogens is 412 g/mol. The number of carboxylic acid groups (broad SMARTS) is 1. The van der Waals surface area contributed by atoms with E-state index in [1.807, 2.05) is 36.4 Å². The fourth-order valence-electron chi connectivity index (χ4n) is 3.99. The Balaban J connectivity index is 1.57. The van der Waals surface area contributed by atoms with Crippen LogP contribution in [0.25, 0.3) is 11.1 Å². The Kier molecular flexibility index (Phi) is 7.15. The molecule has 0 heterocycles. The van der Waals surface area contributed by atoms with Gasteiger partial charge in [-0.3, -0.25) is 4.79 Å². The Morgan fingerprint density at radius 2 is 1.59 bits per heavy atom. The zero-order chi connectivity index (χ0) is 23.3. The normalized spacial score (nSPS) is 13.6. The highest BCUT2D eigenvalue weighted by molar-refractivity contribution is 5.84. The number of alkyl carbamates (subject to hydrolysis) is 1. The minimum atomic E-state index is -1.23. The minimum Gasteiger partial charge on any atom is -0.480 e. The number of fused-ring (bicyclic) bond motifs is 3. The summed E-state index contributed by atoms with van der Waals surface area (Å²) in [7, 11) is 0. The van der Waals surface area contributed by atoms with E-state index >= 15 is 0 Å². The van der Waals surface area contributed by atoms with E-state index in [0.29, 0.717) is 0 Å². The summed E-state index contributed by atoms with van der Waals surface area (Å²) in [5.41, 5.74) is 3.50. The molecule has 32 heavy (non-hydrogen) atoms. The van der Waals surface area contributed by atoms with Crippen molar-refractivity contribution in [2.24, 2.45) is 0 Å². The summed E-state index contributed by atoms with van der Waals surface area (Å²) in [5, 5.41) is 23.1. The highest BCUT2D eigenvalue weighted by Gasteiger charge is 2.31. The lowest BCUT2D eigenvalue weighted by Crippen LogP contribution is -2.49. The van der Waals surface area contributed by atoms with Gasteiger partial charge in [0.2, 0.25) is 5.91 Å². The maximum atomic E-state index is 12.5. The van der Waals surface area contributed by atoms with Gasteiger partial charge in [-0.25, -0.2) is 9.59 Å². The maximum absolute atomic E-state index is 12.5. The number of hydrogen-bond acceptors (Lipinski definition) is 5. The number of aliphatic hydroxyl groups is 1. The number of carboxylic acids is 1. The van der Waals surface area contributed by atoms with Crippen LogP contribution in [-0.4, -0.2) is 53.0 Å². The Morgan fingerprint density at radius 1 is 1.03 bits per heavy atom.